The molecule has 0 unspecified atom stereocenters. The van der Waals surface area contributed by atoms with E-state index >= 15 is 0 Å². The van der Waals surface area contributed by atoms with E-state index < -0.39 is 0 Å². The highest BCUT2D eigenvalue weighted by molar-refractivity contribution is 6.05. The third-order valence-corrected chi connectivity index (χ3v) is 4.25. The second-order valence-corrected chi connectivity index (χ2v) is 7.93. The Labute approximate surface area is 149 Å². The average Bonchev–Trinajstić information content (AvgIpc) is 2.48. The number of benzene rings is 1. The number of ketones is 1. The monoisotopic (exact) mass is 344 g/mol. The van der Waals surface area contributed by atoms with Gasteiger partial charge in [-0.15, -0.1) is 0 Å². The normalized spacial score (nSPS) is 18.5. The van der Waals surface area contributed by atoms with Crippen LogP contribution in [0, 0.1) is 12.3 Å². The molecule has 0 bridgehead atoms. The summed E-state index contributed by atoms with van der Waals surface area (Å²) in [6.07, 6.45) is 1.60. The van der Waals surface area contributed by atoms with Crippen molar-refractivity contribution < 1.29 is 14.3 Å². The Hall–Kier alpha value is -2.17. The first-order chi connectivity index (χ1) is 11.7. The zero-order valence-electron chi connectivity index (χ0n) is 15.8. The van der Waals surface area contributed by atoms with Gasteiger partial charge in [-0.3, -0.25) is 9.59 Å². The van der Waals surface area contributed by atoms with E-state index in [2.05, 4.69) is 24.4 Å². The molecule has 1 fully saturated rings. The van der Waals surface area contributed by atoms with Gasteiger partial charge in [0.25, 0.3) is 5.91 Å². The Bertz CT molecular complexity index is 690. The van der Waals surface area contributed by atoms with Crippen LogP contribution in [0.2, 0.25) is 0 Å². The van der Waals surface area contributed by atoms with Crippen LogP contribution in [0.4, 0.5) is 0 Å². The molecule has 1 aliphatic rings. The van der Waals surface area contributed by atoms with Crippen molar-refractivity contribution in [2.24, 2.45) is 10.5 Å². The Morgan fingerprint density at radius 1 is 1.32 bits per heavy atom. The van der Waals surface area contributed by atoms with Gasteiger partial charge >= 0.3 is 0 Å². The Balaban J connectivity index is 1.94. The van der Waals surface area contributed by atoms with E-state index in [9.17, 15) is 9.59 Å². The summed E-state index contributed by atoms with van der Waals surface area (Å²) in [7, 11) is 0. The fourth-order valence-electron chi connectivity index (χ4n) is 3.14. The Morgan fingerprint density at radius 2 is 2.04 bits per heavy atom. The molecule has 0 saturated heterocycles. The third-order valence-electron chi connectivity index (χ3n) is 4.25. The number of hydrogen-bond donors (Lipinski definition) is 1. The lowest BCUT2D eigenvalue weighted by atomic mass is 9.76. The van der Waals surface area contributed by atoms with Gasteiger partial charge in [0.15, 0.2) is 6.61 Å². The number of nitrogens with zero attached hydrogens (tertiary/aromatic N) is 1. The largest absolute Gasteiger partial charge is 0.483 e. The van der Waals surface area contributed by atoms with Gasteiger partial charge < -0.3 is 4.74 Å². The summed E-state index contributed by atoms with van der Waals surface area (Å²) < 4.78 is 5.69. The van der Waals surface area contributed by atoms with E-state index in [1.807, 2.05) is 39.0 Å². The maximum Gasteiger partial charge on any atom is 0.277 e. The molecule has 1 aliphatic carbocycles. The first kappa shape index (κ1) is 19.2. The lowest BCUT2D eigenvalue weighted by Crippen LogP contribution is -2.32. The van der Waals surface area contributed by atoms with E-state index in [-0.39, 0.29) is 23.7 Å². The number of carbonyl (C=O) groups excluding carboxylic acids is 2. The quantitative estimate of drug-likeness (QED) is 0.827. The summed E-state index contributed by atoms with van der Waals surface area (Å²) in [6, 6.07) is 6.01. The van der Waals surface area contributed by atoms with E-state index in [0.717, 1.165) is 29.0 Å². The smallest absolute Gasteiger partial charge is 0.277 e. The van der Waals surface area contributed by atoms with Crippen LogP contribution in [0.5, 0.6) is 5.75 Å². The molecule has 1 aromatic rings. The zero-order chi connectivity index (χ0) is 18.6. The van der Waals surface area contributed by atoms with Gasteiger partial charge in [-0.05, 0) is 41.9 Å². The van der Waals surface area contributed by atoms with Crippen LogP contribution in [0.25, 0.3) is 0 Å². The van der Waals surface area contributed by atoms with Crippen molar-refractivity contribution in [2.75, 3.05) is 6.61 Å². The topological polar surface area (TPSA) is 67.8 Å². The van der Waals surface area contributed by atoms with Crippen molar-refractivity contribution in [3.63, 3.8) is 0 Å². The molecule has 0 aromatic heterocycles. The summed E-state index contributed by atoms with van der Waals surface area (Å²) in [5, 5.41) is 4.13. The van der Waals surface area contributed by atoms with Gasteiger partial charge in [0.2, 0.25) is 0 Å². The summed E-state index contributed by atoms with van der Waals surface area (Å²) in [5.74, 6) is 0.891. The van der Waals surface area contributed by atoms with Crippen molar-refractivity contribution in [3.8, 4) is 5.75 Å². The summed E-state index contributed by atoms with van der Waals surface area (Å²) >= 11 is 0. The number of amides is 1. The number of hydrazone groups is 1. The van der Waals surface area contributed by atoms with Crippen LogP contribution < -0.4 is 10.2 Å². The number of rotatable bonds is 5. The van der Waals surface area contributed by atoms with E-state index in [4.69, 9.17) is 4.74 Å². The van der Waals surface area contributed by atoms with Gasteiger partial charge in [0.05, 0.1) is 0 Å². The number of ether oxygens (including phenoxy) is 1. The van der Waals surface area contributed by atoms with E-state index in [1.165, 1.54) is 0 Å². The fourth-order valence-corrected chi connectivity index (χ4v) is 3.14. The van der Waals surface area contributed by atoms with Gasteiger partial charge in [0.1, 0.15) is 11.5 Å². The van der Waals surface area contributed by atoms with Gasteiger partial charge in [0, 0.05) is 18.6 Å². The predicted octanol–water partition coefficient (Wildman–Crippen LogP) is 3.75. The molecule has 0 radical (unpaired) electrons. The van der Waals surface area contributed by atoms with Crippen LogP contribution in [-0.2, 0) is 9.59 Å². The average molecular weight is 344 g/mol. The molecule has 1 aromatic carbocycles. The first-order valence-electron chi connectivity index (χ1n) is 8.75. The Kier molecular flexibility index (Phi) is 5.98. The summed E-state index contributed by atoms with van der Waals surface area (Å²) in [4.78, 5) is 23.8. The van der Waals surface area contributed by atoms with E-state index in [1.54, 1.807) is 0 Å². The predicted molar refractivity (Wildman–Crippen MR) is 99.0 cm³/mol. The maximum absolute atomic E-state index is 12.0. The van der Waals surface area contributed by atoms with Crippen LogP contribution in [0.3, 0.4) is 0 Å². The van der Waals surface area contributed by atoms with Crippen LogP contribution in [0.15, 0.2) is 23.3 Å². The molecule has 1 amide bonds. The molecular weight excluding hydrogens is 316 g/mol. The lowest BCUT2D eigenvalue weighted by molar-refractivity contribution is -0.123. The highest BCUT2D eigenvalue weighted by Crippen LogP contribution is 2.31. The molecular formula is C20H28N2O3. The zero-order valence-corrected chi connectivity index (χ0v) is 15.8. The molecule has 0 atom stereocenters. The minimum absolute atomic E-state index is 0.0941. The van der Waals surface area contributed by atoms with Gasteiger partial charge in [-0.2, -0.15) is 5.10 Å². The van der Waals surface area contributed by atoms with Crippen LogP contribution in [0.1, 0.15) is 64.0 Å². The molecule has 2 rings (SSSR count). The number of Topliss-reactive ketones (excluding diaryl/α,β-unsaturated/α-hetero) is 1. The Morgan fingerprint density at radius 3 is 2.68 bits per heavy atom. The molecule has 5 nitrogen and oxygen atoms in total. The molecule has 25 heavy (non-hydrogen) atoms. The first-order valence-corrected chi connectivity index (χ1v) is 8.75. The van der Waals surface area contributed by atoms with Crippen molar-refractivity contribution in [2.45, 2.75) is 59.8 Å². The second-order valence-electron chi connectivity index (χ2n) is 7.93. The lowest BCUT2D eigenvalue weighted by Gasteiger charge is -2.29. The standard InChI is InChI=1S/C20H28N2O3/c1-13(2)17-7-6-14(3)8-18(17)25-12-19(24)22-21-15-9-16(23)11-20(4,5)10-15/h6-8,13H,9-12H2,1-5H3,(H,22,24)/b21-15-. The summed E-state index contributed by atoms with van der Waals surface area (Å²) in [6.45, 7) is 10.1. The SMILES string of the molecule is Cc1ccc(C(C)C)c(OCC(=O)N/N=C2/CC(=O)CC(C)(C)C2)c1. The van der Waals surface area contributed by atoms with Crippen molar-refractivity contribution in [1.82, 2.24) is 5.43 Å². The minimum atomic E-state index is -0.320. The van der Waals surface area contributed by atoms with Gasteiger partial charge in [-0.25, -0.2) is 5.43 Å². The molecule has 1 N–H and O–H groups in total. The molecule has 1 saturated carbocycles. The third kappa shape index (κ3) is 5.69. The van der Waals surface area contributed by atoms with Gasteiger partial charge in [-0.1, -0.05) is 39.8 Å². The number of nitrogens with one attached hydrogen (secondary N) is 1. The molecule has 0 aliphatic heterocycles. The minimum Gasteiger partial charge on any atom is -0.483 e. The number of carbonyl (C=O) groups is 2. The molecule has 0 heterocycles. The van der Waals surface area contributed by atoms with Crippen molar-refractivity contribution >= 4 is 17.4 Å². The van der Waals surface area contributed by atoms with Crippen LogP contribution >= 0.6 is 0 Å². The van der Waals surface area contributed by atoms with Crippen molar-refractivity contribution in [1.29, 1.82) is 0 Å². The highest BCUT2D eigenvalue weighted by Gasteiger charge is 2.30. The molecule has 5 heteroatoms. The number of aryl methyl sites for hydroxylation is 1. The molecule has 136 valence electrons. The fraction of sp³-hybridized carbons (Fsp3) is 0.550. The second kappa shape index (κ2) is 7.81. The highest BCUT2D eigenvalue weighted by atomic mass is 16.5. The van der Waals surface area contributed by atoms with Crippen LogP contribution in [-0.4, -0.2) is 24.0 Å². The summed E-state index contributed by atoms with van der Waals surface area (Å²) in [5.41, 5.74) is 5.31. The molecule has 0 spiro atoms. The van der Waals surface area contributed by atoms with E-state index in [0.29, 0.717) is 18.8 Å². The number of hydrogen-bond acceptors (Lipinski definition) is 4. The maximum atomic E-state index is 12.0. The van der Waals surface area contributed by atoms with Crippen molar-refractivity contribution in [3.05, 3.63) is 29.3 Å².